The molecule has 0 saturated heterocycles. The van der Waals surface area contributed by atoms with Crippen LogP contribution in [-0.4, -0.2) is 34.2 Å². The van der Waals surface area contributed by atoms with Crippen LogP contribution in [0.15, 0.2) is 36.5 Å². The molecule has 0 amide bonds. The number of para-hydroxylation sites is 1. The van der Waals surface area contributed by atoms with E-state index in [0.29, 0.717) is 6.54 Å². The molecular weight excluding hydrogens is 302 g/mol. The summed E-state index contributed by atoms with van der Waals surface area (Å²) in [5.74, 6) is 0.657. The maximum absolute atomic E-state index is 10.7. The van der Waals surface area contributed by atoms with E-state index in [1.54, 1.807) is 7.11 Å². The predicted molar refractivity (Wildman–Crippen MR) is 94.0 cm³/mol. The number of anilines is 1. The summed E-state index contributed by atoms with van der Waals surface area (Å²) in [5.41, 5.74) is 6.11. The molecule has 5 heteroatoms. The summed E-state index contributed by atoms with van der Waals surface area (Å²) >= 11 is 0. The number of ether oxygens (including phenoxy) is 1. The molecule has 24 heavy (non-hydrogen) atoms. The van der Waals surface area contributed by atoms with Gasteiger partial charge in [-0.2, -0.15) is 0 Å². The number of methoxy groups -OCH3 is 1. The van der Waals surface area contributed by atoms with Gasteiger partial charge in [0.05, 0.1) is 24.6 Å². The van der Waals surface area contributed by atoms with Gasteiger partial charge in [-0.3, -0.25) is 0 Å². The number of pyridine rings is 1. The standard InChI is InChI=1S/C19H21N3O2/c1-11-12(2)22-9-8-14-17(13-6-4-5-7-16(13)24-3)15(23)10-20-18(14)19(22)21-11/h4-9,15,17,20,23H,10H2,1-3H3/t15-,17-/m0/s1. The van der Waals surface area contributed by atoms with Crippen LogP contribution >= 0.6 is 0 Å². The first-order chi connectivity index (χ1) is 11.6. The first-order valence-electron chi connectivity index (χ1n) is 8.15. The lowest BCUT2D eigenvalue weighted by Crippen LogP contribution is -2.33. The highest BCUT2D eigenvalue weighted by Crippen LogP contribution is 2.41. The van der Waals surface area contributed by atoms with E-state index in [1.165, 1.54) is 0 Å². The number of aliphatic hydroxyl groups is 1. The Kier molecular flexibility index (Phi) is 3.46. The zero-order valence-corrected chi connectivity index (χ0v) is 14.1. The second kappa shape index (κ2) is 5.53. The number of aromatic nitrogens is 2. The van der Waals surface area contributed by atoms with Gasteiger partial charge in [0.15, 0.2) is 5.65 Å². The summed E-state index contributed by atoms with van der Waals surface area (Å²) in [7, 11) is 1.66. The van der Waals surface area contributed by atoms with Crippen molar-refractivity contribution in [3.8, 4) is 5.75 Å². The lowest BCUT2D eigenvalue weighted by atomic mass is 9.83. The normalized spacial score (nSPS) is 19.8. The molecule has 0 radical (unpaired) electrons. The highest BCUT2D eigenvalue weighted by Gasteiger charge is 2.33. The van der Waals surface area contributed by atoms with Crippen LogP contribution in [0.5, 0.6) is 5.75 Å². The highest BCUT2D eigenvalue weighted by molar-refractivity contribution is 5.76. The zero-order chi connectivity index (χ0) is 16.8. The number of rotatable bonds is 2. The van der Waals surface area contributed by atoms with Crippen LogP contribution in [0.25, 0.3) is 5.65 Å². The number of hydrogen-bond acceptors (Lipinski definition) is 4. The molecule has 0 unspecified atom stereocenters. The molecule has 1 aromatic carbocycles. The van der Waals surface area contributed by atoms with Gasteiger partial charge < -0.3 is 19.6 Å². The molecule has 2 N–H and O–H groups in total. The van der Waals surface area contributed by atoms with Crippen molar-refractivity contribution >= 4 is 11.3 Å². The number of imidazole rings is 1. The summed E-state index contributed by atoms with van der Waals surface area (Å²) < 4.78 is 7.62. The Hall–Kier alpha value is -2.53. The van der Waals surface area contributed by atoms with E-state index in [2.05, 4.69) is 22.7 Å². The molecular formula is C19H21N3O2. The lowest BCUT2D eigenvalue weighted by Gasteiger charge is -2.32. The van der Waals surface area contributed by atoms with Crippen molar-refractivity contribution in [1.29, 1.82) is 0 Å². The number of nitrogens with zero attached hydrogens (tertiary/aromatic N) is 2. The van der Waals surface area contributed by atoms with Gasteiger partial charge in [-0.25, -0.2) is 4.98 Å². The quantitative estimate of drug-likeness (QED) is 0.761. The van der Waals surface area contributed by atoms with Gasteiger partial charge in [-0.1, -0.05) is 18.2 Å². The van der Waals surface area contributed by atoms with Gasteiger partial charge in [-0.15, -0.1) is 0 Å². The van der Waals surface area contributed by atoms with Crippen molar-refractivity contribution in [3.05, 3.63) is 59.0 Å². The number of fused-ring (bicyclic) bond motifs is 3. The Labute approximate surface area is 140 Å². The Morgan fingerprint density at radius 3 is 2.79 bits per heavy atom. The Morgan fingerprint density at radius 1 is 1.21 bits per heavy atom. The Bertz CT molecular complexity index is 916. The van der Waals surface area contributed by atoms with E-state index in [4.69, 9.17) is 9.72 Å². The highest BCUT2D eigenvalue weighted by atomic mass is 16.5. The maximum atomic E-state index is 10.7. The van der Waals surface area contributed by atoms with Gasteiger partial charge >= 0.3 is 0 Å². The average Bonchev–Trinajstić information content (AvgIpc) is 2.89. The fraction of sp³-hybridized carbons (Fsp3) is 0.316. The van der Waals surface area contributed by atoms with Crippen molar-refractivity contribution in [3.63, 3.8) is 0 Å². The summed E-state index contributed by atoms with van der Waals surface area (Å²) in [4.78, 5) is 4.71. The second-order valence-electron chi connectivity index (χ2n) is 6.29. The topological polar surface area (TPSA) is 58.8 Å². The van der Waals surface area contributed by atoms with Crippen molar-refractivity contribution in [2.75, 3.05) is 19.0 Å². The van der Waals surface area contributed by atoms with Crippen LogP contribution < -0.4 is 10.1 Å². The predicted octanol–water partition coefficient (Wildman–Crippen LogP) is 2.88. The summed E-state index contributed by atoms with van der Waals surface area (Å²) in [5, 5.41) is 14.0. The van der Waals surface area contributed by atoms with Crippen LogP contribution in [0.4, 0.5) is 5.69 Å². The van der Waals surface area contributed by atoms with Crippen LogP contribution in [-0.2, 0) is 0 Å². The largest absolute Gasteiger partial charge is 0.496 e. The smallest absolute Gasteiger partial charge is 0.161 e. The molecule has 2 atom stereocenters. The molecule has 0 fully saturated rings. The molecule has 0 spiro atoms. The summed E-state index contributed by atoms with van der Waals surface area (Å²) in [6.45, 7) is 4.57. The molecule has 2 aromatic heterocycles. The minimum absolute atomic E-state index is 0.139. The van der Waals surface area contributed by atoms with E-state index in [9.17, 15) is 5.11 Å². The molecule has 0 aliphatic carbocycles. The van der Waals surface area contributed by atoms with Crippen molar-refractivity contribution in [2.45, 2.75) is 25.9 Å². The van der Waals surface area contributed by atoms with Crippen LogP contribution in [0.2, 0.25) is 0 Å². The van der Waals surface area contributed by atoms with E-state index in [0.717, 1.165) is 39.6 Å². The third-order valence-electron chi connectivity index (χ3n) is 4.98. The number of β-amino-alcohol motifs (C(OH)–C–C–N with tert-alkyl or cyclic N) is 1. The van der Waals surface area contributed by atoms with Gasteiger partial charge in [0.2, 0.25) is 0 Å². The number of hydrogen-bond donors (Lipinski definition) is 2. The maximum Gasteiger partial charge on any atom is 0.161 e. The molecule has 1 aliphatic heterocycles. The Balaban J connectivity index is 1.95. The van der Waals surface area contributed by atoms with Gasteiger partial charge in [0.25, 0.3) is 0 Å². The van der Waals surface area contributed by atoms with Crippen LogP contribution in [0, 0.1) is 13.8 Å². The molecule has 1 aliphatic rings. The average molecular weight is 323 g/mol. The number of aryl methyl sites for hydroxylation is 2. The van der Waals surface area contributed by atoms with Gasteiger partial charge in [-0.05, 0) is 31.5 Å². The minimum Gasteiger partial charge on any atom is -0.496 e. The Morgan fingerprint density at radius 2 is 2.00 bits per heavy atom. The van der Waals surface area contributed by atoms with Crippen molar-refractivity contribution < 1.29 is 9.84 Å². The van der Waals surface area contributed by atoms with E-state index in [-0.39, 0.29) is 5.92 Å². The number of benzene rings is 1. The van der Waals surface area contributed by atoms with Gasteiger partial charge in [0.1, 0.15) is 5.75 Å². The first kappa shape index (κ1) is 15.0. The first-order valence-corrected chi connectivity index (χ1v) is 8.15. The molecule has 0 saturated carbocycles. The molecule has 124 valence electrons. The summed E-state index contributed by atoms with van der Waals surface area (Å²) in [6, 6.07) is 9.96. The molecule has 3 heterocycles. The van der Waals surface area contributed by atoms with E-state index < -0.39 is 6.10 Å². The molecule has 4 rings (SSSR count). The van der Waals surface area contributed by atoms with E-state index in [1.807, 2.05) is 37.4 Å². The zero-order valence-electron chi connectivity index (χ0n) is 14.1. The monoisotopic (exact) mass is 323 g/mol. The van der Waals surface area contributed by atoms with Gasteiger partial charge in [0, 0.05) is 29.9 Å². The number of aliphatic hydroxyl groups excluding tert-OH is 1. The second-order valence-corrected chi connectivity index (χ2v) is 6.29. The van der Waals surface area contributed by atoms with E-state index >= 15 is 0 Å². The number of nitrogens with one attached hydrogen (secondary N) is 1. The summed E-state index contributed by atoms with van der Waals surface area (Å²) in [6.07, 6.45) is 1.51. The lowest BCUT2D eigenvalue weighted by molar-refractivity contribution is 0.164. The minimum atomic E-state index is -0.520. The molecule has 3 aromatic rings. The third-order valence-corrected chi connectivity index (χ3v) is 4.98. The van der Waals surface area contributed by atoms with Crippen molar-refractivity contribution in [1.82, 2.24) is 9.38 Å². The fourth-order valence-corrected chi connectivity index (χ4v) is 3.62. The fourth-order valence-electron chi connectivity index (χ4n) is 3.62. The van der Waals surface area contributed by atoms with Crippen molar-refractivity contribution in [2.24, 2.45) is 0 Å². The molecule has 5 nitrogen and oxygen atoms in total. The van der Waals surface area contributed by atoms with Crippen LogP contribution in [0.3, 0.4) is 0 Å². The third kappa shape index (κ3) is 2.08. The SMILES string of the molecule is COc1ccccc1[C@H]1c2ccn3c(C)c(C)nc3c2NC[C@@H]1O. The van der Waals surface area contributed by atoms with Crippen LogP contribution in [0.1, 0.15) is 28.4 Å². The molecule has 0 bridgehead atoms.